The zero-order valence-electron chi connectivity index (χ0n) is 15.4. The quantitative estimate of drug-likeness (QED) is 0.535. The Bertz CT molecular complexity index is 1170. The van der Waals surface area contributed by atoms with Gasteiger partial charge < -0.3 is 4.90 Å². The lowest BCUT2D eigenvalue weighted by atomic mass is 9.98. The van der Waals surface area contributed by atoms with E-state index in [1.54, 1.807) is 12.4 Å². The smallest absolute Gasteiger partial charge is 0.254 e. The summed E-state index contributed by atoms with van der Waals surface area (Å²) >= 11 is 0. The summed E-state index contributed by atoms with van der Waals surface area (Å²) in [5.41, 5.74) is 6.12. The van der Waals surface area contributed by atoms with Gasteiger partial charge in [-0.15, -0.1) is 0 Å². The normalized spacial score (nSPS) is 13.1. The van der Waals surface area contributed by atoms with Gasteiger partial charge in [-0.3, -0.25) is 14.8 Å². The van der Waals surface area contributed by atoms with Crippen LogP contribution in [-0.4, -0.2) is 27.3 Å². The number of pyridine rings is 2. The molecule has 1 amide bonds. The number of carbonyl (C=O) groups is 1. The molecule has 0 fully saturated rings. The molecule has 0 aliphatic carbocycles. The van der Waals surface area contributed by atoms with Crippen LogP contribution in [0.15, 0.2) is 79.1 Å². The van der Waals surface area contributed by atoms with Gasteiger partial charge in [-0.1, -0.05) is 36.4 Å². The maximum Gasteiger partial charge on any atom is 0.254 e. The molecule has 1 aliphatic rings. The molecule has 0 unspecified atom stereocenters. The molecular weight excluding hydrogens is 346 g/mol. The Hall–Kier alpha value is -3.53. The predicted molar refractivity (Wildman–Crippen MR) is 110 cm³/mol. The minimum Gasteiger partial charge on any atom is -0.334 e. The van der Waals surface area contributed by atoms with Crippen molar-refractivity contribution >= 4 is 16.8 Å². The monoisotopic (exact) mass is 365 g/mol. The molecule has 5 rings (SSSR count). The molecule has 0 saturated heterocycles. The van der Waals surface area contributed by atoms with E-state index in [1.807, 2.05) is 47.4 Å². The highest BCUT2D eigenvalue weighted by Gasteiger charge is 2.29. The number of rotatable bonds is 4. The summed E-state index contributed by atoms with van der Waals surface area (Å²) in [6, 6.07) is 22.2. The first-order valence-electron chi connectivity index (χ1n) is 9.46. The van der Waals surface area contributed by atoms with E-state index in [9.17, 15) is 4.79 Å². The Kier molecular flexibility index (Phi) is 4.09. The molecule has 2 aromatic carbocycles. The van der Waals surface area contributed by atoms with E-state index in [0.29, 0.717) is 13.1 Å². The molecule has 136 valence electrons. The van der Waals surface area contributed by atoms with E-state index in [1.165, 1.54) is 0 Å². The first-order valence-corrected chi connectivity index (χ1v) is 9.46. The third-order valence-corrected chi connectivity index (χ3v) is 5.33. The van der Waals surface area contributed by atoms with Gasteiger partial charge in [0, 0.05) is 48.5 Å². The number of amides is 1. The molecule has 28 heavy (non-hydrogen) atoms. The Morgan fingerprint density at radius 2 is 1.68 bits per heavy atom. The second kappa shape index (κ2) is 6.89. The van der Waals surface area contributed by atoms with Crippen LogP contribution in [-0.2, 0) is 13.0 Å². The maximum atomic E-state index is 12.9. The number of benzene rings is 2. The molecule has 0 bridgehead atoms. The van der Waals surface area contributed by atoms with Gasteiger partial charge in [0.1, 0.15) is 0 Å². The van der Waals surface area contributed by atoms with Crippen molar-refractivity contribution in [3.05, 3.63) is 95.9 Å². The summed E-state index contributed by atoms with van der Waals surface area (Å²) in [4.78, 5) is 23.7. The van der Waals surface area contributed by atoms with Gasteiger partial charge in [-0.05, 0) is 47.0 Å². The van der Waals surface area contributed by atoms with Crippen LogP contribution < -0.4 is 0 Å². The van der Waals surface area contributed by atoms with Gasteiger partial charge in [0.2, 0.25) is 0 Å². The van der Waals surface area contributed by atoms with Crippen molar-refractivity contribution in [1.82, 2.24) is 14.9 Å². The number of aromatic nitrogens is 2. The lowest BCUT2D eigenvalue weighted by Gasteiger charge is -2.15. The van der Waals surface area contributed by atoms with Gasteiger partial charge in [0.25, 0.3) is 5.91 Å². The van der Waals surface area contributed by atoms with Gasteiger partial charge in [-0.25, -0.2) is 0 Å². The van der Waals surface area contributed by atoms with Crippen molar-refractivity contribution in [2.75, 3.05) is 6.54 Å². The molecule has 4 heteroatoms. The first kappa shape index (κ1) is 16.6. The number of carbonyl (C=O) groups excluding carboxylic acids is 1. The number of para-hydroxylation sites is 1. The van der Waals surface area contributed by atoms with Crippen molar-refractivity contribution in [2.45, 2.75) is 13.0 Å². The topological polar surface area (TPSA) is 46.1 Å². The SMILES string of the molecule is O=C1c2cccc(-c3ccncc3)c2CN1CCc1ccc2ccccc2n1. The van der Waals surface area contributed by atoms with Gasteiger partial charge in [0.15, 0.2) is 0 Å². The third-order valence-electron chi connectivity index (χ3n) is 5.33. The summed E-state index contributed by atoms with van der Waals surface area (Å²) in [7, 11) is 0. The standard InChI is InChI=1S/C24H19N3O/c28-24-21-6-3-5-20(17-10-13-25-14-11-17)22(21)16-27(24)15-12-19-9-8-18-4-1-2-7-23(18)26-19/h1-11,13-14H,12,15-16H2. The van der Waals surface area contributed by atoms with Crippen LogP contribution in [0.4, 0.5) is 0 Å². The van der Waals surface area contributed by atoms with Gasteiger partial charge in [-0.2, -0.15) is 0 Å². The van der Waals surface area contributed by atoms with E-state index in [-0.39, 0.29) is 5.91 Å². The van der Waals surface area contributed by atoms with Crippen LogP contribution in [0.25, 0.3) is 22.0 Å². The number of hydrogen-bond acceptors (Lipinski definition) is 3. The fraction of sp³-hybridized carbons (Fsp3) is 0.125. The average Bonchev–Trinajstić information content (AvgIpc) is 3.08. The van der Waals surface area contributed by atoms with Crippen molar-refractivity contribution in [1.29, 1.82) is 0 Å². The molecule has 0 saturated carbocycles. The lowest BCUT2D eigenvalue weighted by molar-refractivity contribution is 0.0780. The Morgan fingerprint density at radius 3 is 2.57 bits per heavy atom. The van der Waals surface area contributed by atoms with Crippen LogP contribution in [0.5, 0.6) is 0 Å². The number of hydrogen-bond donors (Lipinski definition) is 0. The fourth-order valence-corrected chi connectivity index (χ4v) is 3.87. The summed E-state index contributed by atoms with van der Waals surface area (Å²) < 4.78 is 0. The lowest BCUT2D eigenvalue weighted by Crippen LogP contribution is -2.26. The molecule has 3 heterocycles. The van der Waals surface area contributed by atoms with E-state index in [2.05, 4.69) is 29.2 Å². The minimum absolute atomic E-state index is 0.103. The summed E-state index contributed by atoms with van der Waals surface area (Å²) in [5.74, 6) is 0.103. The highest BCUT2D eigenvalue weighted by atomic mass is 16.2. The van der Waals surface area contributed by atoms with Crippen LogP contribution in [0.1, 0.15) is 21.6 Å². The van der Waals surface area contributed by atoms with Crippen molar-refractivity contribution in [3.8, 4) is 11.1 Å². The van der Waals surface area contributed by atoms with E-state index < -0.39 is 0 Å². The molecule has 0 atom stereocenters. The fourth-order valence-electron chi connectivity index (χ4n) is 3.87. The largest absolute Gasteiger partial charge is 0.334 e. The van der Waals surface area contributed by atoms with Crippen LogP contribution in [0.2, 0.25) is 0 Å². The van der Waals surface area contributed by atoms with Crippen molar-refractivity contribution in [2.24, 2.45) is 0 Å². The van der Waals surface area contributed by atoms with Gasteiger partial charge in [0.05, 0.1) is 5.52 Å². The van der Waals surface area contributed by atoms with E-state index >= 15 is 0 Å². The average molecular weight is 365 g/mol. The summed E-state index contributed by atoms with van der Waals surface area (Å²) in [6.07, 6.45) is 4.32. The van der Waals surface area contributed by atoms with Crippen LogP contribution >= 0.6 is 0 Å². The first-order chi connectivity index (χ1) is 13.8. The molecule has 4 nitrogen and oxygen atoms in total. The number of fused-ring (bicyclic) bond motifs is 2. The predicted octanol–water partition coefficient (Wildman–Crippen LogP) is 4.50. The second-order valence-electron chi connectivity index (χ2n) is 7.04. The van der Waals surface area contributed by atoms with Crippen LogP contribution in [0.3, 0.4) is 0 Å². The zero-order chi connectivity index (χ0) is 18.9. The van der Waals surface area contributed by atoms with Crippen molar-refractivity contribution < 1.29 is 4.79 Å². The number of nitrogens with zero attached hydrogens (tertiary/aromatic N) is 3. The third kappa shape index (κ3) is 2.93. The summed E-state index contributed by atoms with van der Waals surface area (Å²) in [6.45, 7) is 1.30. The molecule has 0 spiro atoms. The Balaban J connectivity index is 1.37. The Labute approximate surface area is 163 Å². The van der Waals surface area contributed by atoms with E-state index in [4.69, 9.17) is 4.98 Å². The minimum atomic E-state index is 0.103. The Morgan fingerprint density at radius 1 is 0.857 bits per heavy atom. The molecule has 2 aromatic heterocycles. The highest BCUT2D eigenvalue weighted by Crippen LogP contribution is 2.32. The molecule has 1 aliphatic heterocycles. The zero-order valence-corrected chi connectivity index (χ0v) is 15.4. The maximum absolute atomic E-state index is 12.9. The molecule has 0 radical (unpaired) electrons. The van der Waals surface area contributed by atoms with Gasteiger partial charge >= 0.3 is 0 Å². The molecular formula is C24H19N3O. The van der Waals surface area contributed by atoms with Crippen molar-refractivity contribution in [3.63, 3.8) is 0 Å². The molecule has 4 aromatic rings. The molecule has 0 N–H and O–H groups in total. The van der Waals surface area contributed by atoms with Crippen LogP contribution in [0, 0.1) is 0 Å². The van der Waals surface area contributed by atoms with E-state index in [0.717, 1.165) is 45.3 Å². The summed E-state index contributed by atoms with van der Waals surface area (Å²) in [5, 5.41) is 1.14. The highest BCUT2D eigenvalue weighted by molar-refractivity contribution is 6.00. The second-order valence-corrected chi connectivity index (χ2v) is 7.04.